The van der Waals surface area contributed by atoms with Crippen molar-refractivity contribution < 1.29 is 19.1 Å². The molecule has 23 heavy (non-hydrogen) atoms. The fourth-order valence-corrected chi connectivity index (χ4v) is 2.41. The monoisotopic (exact) mass is 338 g/mol. The minimum Gasteiger partial charge on any atom is -0.465 e. The van der Waals surface area contributed by atoms with Gasteiger partial charge in [-0.05, 0) is 31.0 Å². The number of esters is 1. The predicted octanol–water partition coefficient (Wildman–Crippen LogP) is 2.01. The first-order valence-electron chi connectivity index (χ1n) is 7.37. The smallest absolute Gasteiger partial charge is 0.337 e. The van der Waals surface area contributed by atoms with E-state index in [-0.39, 0.29) is 24.3 Å². The Balaban J connectivity index is 2.11. The molecule has 0 bridgehead atoms. The quantitative estimate of drug-likeness (QED) is 0.805. The van der Waals surface area contributed by atoms with Crippen LogP contribution in [0.4, 0.5) is 5.69 Å². The molecule has 0 aromatic heterocycles. The highest BCUT2D eigenvalue weighted by Crippen LogP contribution is 2.29. The van der Waals surface area contributed by atoms with Gasteiger partial charge in [0.25, 0.3) is 0 Å². The number of carbonyl (C=O) groups is 3. The fourth-order valence-electron chi connectivity index (χ4n) is 2.19. The van der Waals surface area contributed by atoms with E-state index in [1.165, 1.54) is 31.1 Å². The molecule has 2 rings (SSSR count). The summed E-state index contributed by atoms with van der Waals surface area (Å²) in [6.45, 7) is 2.01. The van der Waals surface area contributed by atoms with Crippen LogP contribution in [0.2, 0.25) is 5.02 Å². The van der Waals surface area contributed by atoms with Gasteiger partial charge in [-0.25, -0.2) is 4.79 Å². The summed E-state index contributed by atoms with van der Waals surface area (Å²) < 4.78 is 4.67. The third kappa shape index (κ3) is 4.45. The summed E-state index contributed by atoms with van der Waals surface area (Å²) in [5, 5.41) is 3.15. The Morgan fingerprint density at radius 2 is 2.04 bits per heavy atom. The molecule has 0 aliphatic heterocycles. The molecular formula is C16H19ClN2O4. The minimum atomic E-state index is -0.506. The first-order chi connectivity index (χ1) is 10.9. The highest BCUT2D eigenvalue weighted by atomic mass is 35.5. The highest BCUT2D eigenvalue weighted by Gasteiger charge is 2.29. The van der Waals surface area contributed by atoms with Crippen LogP contribution < -0.4 is 10.2 Å². The maximum Gasteiger partial charge on any atom is 0.337 e. The van der Waals surface area contributed by atoms with Gasteiger partial charge < -0.3 is 15.0 Å². The number of hydrogen-bond acceptors (Lipinski definition) is 4. The average molecular weight is 339 g/mol. The molecule has 0 radical (unpaired) electrons. The van der Waals surface area contributed by atoms with Crippen LogP contribution >= 0.6 is 11.6 Å². The lowest BCUT2D eigenvalue weighted by molar-refractivity contribution is -0.122. The van der Waals surface area contributed by atoms with Gasteiger partial charge in [-0.1, -0.05) is 11.6 Å². The lowest BCUT2D eigenvalue weighted by atomic mass is 10.2. The first kappa shape index (κ1) is 17.3. The Bertz CT molecular complexity index is 629. The van der Waals surface area contributed by atoms with E-state index < -0.39 is 5.97 Å². The summed E-state index contributed by atoms with van der Waals surface area (Å²) in [7, 11) is 1.28. The van der Waals surface area contributed by atoms with Crippen molar-refractivity contribution in [1.82, 2.24) is 5.32 Å². The number of amides is 2. The van der Waals surface area contributed by atoms with Gasteiger partial charge in [-0.2, -0.15) is 0 Å². The molecule has 1 aliphatic rings. The van der Waals surface area contributed by atoms with Crippen LogP contribution in [0, 0.1) is 5.92 Å². The molecule has 1 saturated carbocycles. The summed E-state index contributed by atoms with van der Waals surface area (Å²) in [5.41, 5.74) is 0.725. The molecule has 0 spiro atoms. The van der Waals surface area contributed by atoms with Gasteiger partial charge in [0.05, 0.1) is 23.4 Å². The van der Waals surface area contributed by atoms with Gasteiger partial charge in [-0.15, -0.1) is 0 Å². The molecule has 2 amide bonds. The Labute approximate surface area is 139 Å². The summed E-state index contributed by atoms with van der Waals surface area (Å²) >= 11 is 6.15. The number of ether oxygens (including phenoxy) is 1. The number of nitrogens with zero attached hydrogens (tertiary/aromatic N) is 1. The lowest BCUT2D eigenvalue weighted by Crippen LogP contribution is -2.38. The van der Waals surface area contributed by atoms with Crippen molar-refractivity contribution in [3.63, 3.8) is 0 Å². The summed E-state index contributed by atoms with van der Waals surface area (Å²) in [4.78, 5) is 36.6. The topological polar surface area (TPSA) is 75.7 Å². The van der Waals surface area contributed by atoms with E-state index in [1.807, 2.05) is 0 Å². The fraction of sp³-hybridized carbons (Fsp3) is 0.438. The maximum atomic E-state index is 11.9. The molecule has 1 aromatic carbocycles. The van der Waals surface area contributed by atoms with Crippen molar-refractivity contribution in [2.45, 2.75) is 19.8 Å². The van der Waals surface area contributed by atoms with Gasteiger partial charge in [-0.3, -0.25) is 9.59 Å². The molecule has 1 aromatic rings. The molecular weight excluding hydrogens is 320 g/mol. The number of benzene rings is 1. The summed E-state index contributed by atoms with van der Waals surface area (Å²) in [6, 6.07) is 4.59. The summed E-state index contributed by atoms with van der Waals surface area (Å²) in [6.07, 6.45) is 1.85. The summed E-state index contributed by atoms with van der Waals surface area (Å²) in [5.74, 6) is -0.599. The van der Waals surface area contributed by atoms with Crippen LogP contribution in [0.5, 0.6) is 0 Å². The van der Waals surface area contributed by atoms with Gasteiger partial charge >= 0.3 is 5.97 Å². The zero-order valence-corrected chi connectivity index (χ0v) is 13.9. The highest BCUT2D eigenvalue weighted by molar-refractivity contribution is 6.34. The lowest BCUT2D eigenvalue weighted by Gasteiger charge is -2.23. The molecule has 1 aliphatic carbocycles. The molecule has 1 N–H and O–H groups in total. The van der Waals surface area contributed by atoms with E-state index in [9.17, 15) is 14.4 Å². The number of anilines is 1. The number of methoxy groups -OCH3 is 1. The van der Waals surface area contributed by atoms with E-state index in [1.54, 1.807) is 6.07 Å². The second-order valence-corrected chi connectivity index (χ2v) is 5.80. The second-order valence-electron chi connectivity index (χ2n) is 5.39. The van der Waals surface area contributed by atoms with E-state index in [0.29, 0.717) is 22.8 Å². The normalized spacial score (nSPS) is 13.3. The first-order valence-corrected chi connectivity index (χ1v) is 7.75. The van der Waals surface area contributed by atoms with Crippen molar-refractivity contribution in [3.8, 4) is 0 Å². The Morgan fingerprint density at radius 3 is 2.61 bits per heavy atom. The number of hydrogen-bond donors (Lipinski definition) is 1. The van der Waals surface area contributed by atoms with Crippen LogP contribution in [0.3, 0.4) is 0 Å². The molecule has 0 heterocycles. The van der Waals surface area contributed by atoms with E-state index in [4.69, 9.17) is 11.6 Å². The zero-order chi connectivity index (χ0) is 17.0. The van der Waals surface area contributed by atoms with E-state index >= 15 is 0 Å². The molecule has 1 fully saturated rings. The molecule has 124 valence electrons. The molecule has 7 heteroatoms. The Hall–Kier alpha value is -2.08. The predicted molar refractivity (Wildman–Crippen MR) is 86.6 cm³/mol. The number of nitrogens with one attached hydrogen (secondary N) is 1. The van der Waals surface area contributed by atoms with Gasteiger partial charge in [0.15, 0.2) is 0 Å². The third-order valence-electron chi connectivity index (χ3n) is 3.62. The van der Waals surface area contributed by atoms with Gasteiger partial charge in [0.1, 0.15) is 0 Å². The average Bonchev–Trinajstić information content (AvgIpc) is 3.36. The van der Waals surface area contributed by atoms with Crippen LogP contribution in [0.15, 0.2) is 18.2 Å². The van der Waals surface area contributed by atoms with Crippen LogP contribution in [-0.2, 0) is 14.3 Å². The number of halogens is 1. The molecule has 0 unspecified atom stereocenters. The molecule has 6 nitrogen and oxygen atoms in total. The number of rotatable bonds is 6. The SMILES string of the molecule is COC(=O)c1ccc(Cl)c(N(CCNC(=O)C2CC2)C(C)=O)c1. The van der Waals surface area contributed by atoms with Gasteiger partial charge in [0.2, 0.25) is 11.8 Å². The van der Waals surface area contributed by atoms with Crippen molar-refractivity contribution in [2.75, 3.05) is 25.1 Å². The van der Waals surface area contributed by atoms with Crippen molar-refractivity contribution in [1.29, 1.82) is 0 Å². The molecule has 0 saturated heterocycles. The minimum absolute atomic E-state index is 0.0166. The van der Waals surface area contributed by atoms with E-state index in [2.05, 4.69) is 10.1 Å². The van der Waals surface area contributed by atoms with Crippen molar-refractivity contribution in [2.24, 2.45) is 5.92 Å². The van der Waals surface area contributed by atoms with Crippen molar-refractivity contribution in [3.05, 3.63) is 28.8 Å². The Morgan fingerprint density at radius 1 is 1.35 bits per heavy atom. The van der Waals surface area contributed by atoms with Crippen LogP contribution in [-0.4, -0.2) is 38.0 Å². The Kier molecular flexibility index (Phi) is 5.60. The zero-order valence-electron chi connectivity index (χ0n) is 13.1. The van der Waals surface area contributed by atoms with Crippen molar-refractivity contribution >= 4 is 35.1 Å². The number of carbonyl (C=O) groups excluding carboxylic acids is 3. The maximum absolute atomic E-state index is 11.9. The van der Waals surface area contributed by atoms with Gasteiger partial charge in [0, 0.05) is 25.9 Å². The van der Waals surface area contributed by atoms with Crippen LogP contribution in [0.25, 0.3) is 0 Å². The second kappa shape index (κ2) is 7.46. The standard InChI is InChI=1S/C16H19ClN2O4/c1-10(20)19(8-7-18-15(21)11-3-4-11)14-9-12(16(22)23-2)5-6-13(14)17/h5-6,9,11H,3-4,7-8H2,1-2H3,(H,18,21). The third-order valence-corrected chi connectivity index (χ3v) is 3.94. The molecule has 0 atom stereocenters. The largest absolute Gasteiger partial charge is 0.465 e. The van der Waals surface area contributed by atoms with Crippen LogP contribution in [0.1, 0.15) is 30.1 Å². The van der Waals surface area contributed by atoms with E-state index in [0.717, 1.165) is 12.8 Å².